The summed E-state index contributed by atoms with van der Waals surface area (Å²) >= 11 is 5.40. The van der Waals surface area contributed by atoms with Crippen molar-refractivity contribution in [2.24, 2.45) is 0 Å². The Balaban J connectivity index is 2.05. The lowest BCUT2D eigenvalue weighted by molar-refractivity contribution is -0.112. The van der Waals surface area contributed by atoms with Crippen LogP contribution in [0.5, 0.6) is 5.75 Å². The molecular formula is C13H15ClO3. The predicted octanol–water partition coefficient (Wildman–Crippen LogP) is 2.90. The molecule has 0 saturated carbocycles. The van der Waals surface area contributed by atoms with E-state index in [0.29, 0.717) is 5.75 Å². The molecule has 0 aromatic heterocycles. The Labute approximate surface area is 106 Å². The number of ether oxygens (including phenoxy) is 2. The van der Waals surface area contributed by atoms with Crippen molar-refractivity contribution in [2.75, 3.05) is 6.61 Å². The second kappa shape index (κ2) is 6.03. The van der Waals surface area contributed by atoms with Gasteiger partial charge in [-0.1, -0.05) is 18.2 Å². The molecule has 0 aliphatic carbocycles. The molecule has 0 N–H and O–H groups in total. The highest BCUT2D eigenvalue weighted by molar-refractivity contribution is 6.63. The Hall–Kier alpha value is -1.06. The molecule has 0 bridgehead atoms. The summed E-state index contributed by atoms with van der Waals surface area (Å²) in [5.74, 6) is 0.688. The average Bonchev–Trinajstić information content (AvgIpc) is 2.32. The van der Waals surface area contributed by atoms with Crippen LogP contribution in [0.25, 0.3) is 0 Å². The summed E-state index contributed by atoms with van der Waals surface area (Å²) < 4.78 is 11.3. The molecule has 3 nitrogen and oxygen atoms in total. The first-order valence-corrected chi connectivity index (χ1v) is 6.18. The second-order valence-electron chi connectivity index (χ2n) is 4.05. The van der Waals surface area contributed by atoms with Gasteiger partial charge >= 0.3 is 0 Å². The topological polar surface area (TPSA) is 35.5 Å². The van der Waals surface area contributed by atoms with E-state index >= 15 is 0 Å². The lowest BCUT2D eigenvalue weighted by atomic mass is 10.1. The highest BCUT2D eigenvalue weighted by Crippen LogP contribution is 2.23. The lowest BCUT2D eigenvalue weighted by Gasteiger charge is -2.24. The third-order valence-corrected chi connectivity index (χ3v) is 2.83. The van der Waals surface area contributed by atoms with Gasteiger partial charge in [-0.25, -0.2) is 0 Å². The van der Waals surface area contributed by atoms with E-state index in [2.05, 4.69) is 0 Å². The molecule has 0 spiro atoms. The van der Waals surface area contributed by atoms with Crippen LogP contribution in [0, 0.1) is 0 Å². The van der Waals surface area contributed by atoms with E-state index in [1.54, 1.807) is 0 Å². The fourth-order valence-electron chi connectivity index (χ4n) is 1.86. The number of hydrogen-bond acceptors (Lipinski definition) is 3. The molecule has 1 unspecified atom stereocenters. The zero-order valence-electron chi connectivity index (χ0n) is 9.52. The van der Waals surface area contributed by atoms with Gasteiger partial charge in [0, 0.05) is 12.0 Å². The Kier molecular flexibility index (Phi) is 4.40. The van der Waals surface area contributed by atoms with Crippen LogP contribution in [0.2, 0.25) is 0 Å². The molecule has 17 heavy (non-hydrogen) atoms. The minimum Gasteiger partial charge on any atom is -0.465 e. The molecule has 1 aliphatic rings. The summed E-state index contributed by atoms with van der Waals surface area (Å²) in [6, 6.07) is 7.43. The van der Waals surface area contributed by atoms with Crippen molar-refractivity contribution in [1.82, 2.24) is 0 Å². The Morgan fingerprint density at radius 1 is 1.41 bits per heavy atom. The van der Waals surface area contributed by atoms with Gasteiger partial charge in [-0.15, -0.1) is 0 Å². The van der Waals surface area contributed by atoms with E-state index in [9.17, 15) is 4.79 Å². The average molecular weight is 255 g/mol. The zero-order chi connectivity index (χ0) is 12.1. The summed E-state index contributed by atoms with van der Waals surface area (Å²) in [7, 11) is 0. The molecular weight excluding hydrogens is 240 g/mol. The SMILES string of the molecule is O=C(Cl)Cc1ccccc1OC1CCCCO1. The molecule has 1 aromatic carbocycles. The first-order chi connectivity index (χ1) is 8.25. The van der Waals surface area contributed by atoms with E-state index in [1.165, 1.54) is 0 Å². The monoisotopic (exact) mass is 254 g/mol. The number of hydrogen-bond donors (Lipinski definition) is 0. The van der Waals surface area contributed by atoms with Crippen molar-refractivity contribution in [3.05, 3.63) is 29.8 Å². The highest BCUT2D eigenvalue weighted by Gasteiger charge is 2.17. The van der Waals surface area contributed by atoms with Crippen molar-refractivity contribution in [3.63, 3.8) is 0 Å². The van der Waals surface area contributed by atoms with Crippen LogP contribution < -0.4 is 4.74 Å². The number of benzene rings is 1. The molecule has 92 valence electrons. The van der Waals surface area contributed by atoms with E-state index in [4.69, 9.17) is 21.1 Å². The summed E-state index contributed by atoms with van der Waals surface area (Å²) in [4.78, 5) is 10.9. The summed E-state index contributed by atoms with van der Waals surface area (Å²) in [5.41, 5.74) is 0.807. The van der Waals surface area contributed by atoms with Gasteiger partial charge in [-0.3, -0.25) is 4.79 Å². The van der Waals surface area contributed by atoms with E-state index in [1.807, 2.05) is 24.3 Å². The highest BCUT2D eigenvalue weighted by atomic mass is 35.5. The van der Waals surface area contributed by atoms with Crippen LogP contribution in [0.3, 0.4) is 0 Å². The molecule has 4 heteroatoms. The molecule has 1 heterocycles. The molecule has 1 aromatic rings. The van der Waals surface area contributed by atoms with Gasteiger partial charge in [0.1, 0.15) is 5.75 Å². The van der Waals surface area contributed by atoms with Gasteiger partial charge < -0.3 is 9.47 Å². The molecule has 1 aliphatic heterocycles. The number of rotatable bonds is 4. The predicted molar refractivity (Wildman–Crippen MR) is 65.2 cm³/mol. The number of carbonyl (C=O) groups excluding carboxylic acids is 1. The van der Waals surface area contributed by atoms with Gasteiger partial charge in [-0.2, -0.15) is 0 Å². The van der Waals surface area contributed by atoms with Crippen LogP contribution in [0.15, 0.2) is 24.3 Å². The normalized spacial score (nSPS) is 19.9. The maximum atomic E-state index is 10.9. The fraction of sp³-hybridized carbons (Fsp3) is 0.462. The van der Waals surface area contributed by atoms with Crippen molar-refractivity contribution < 1.29 is 14.3 Å². The molecule has 1 saturated heterocycles. The molecule has 1 fully saturated rings. The summed E-state index contributed by atoms with van der Waals surface area (Å²) in [5, 5.41) is -0.384. The summed E-state index contributed by atoms with van der Waals surface area (Å²) in [6.45, 7) is 0.737. The van der Waals surface area contributed by atoms with Crippen LogP contribution >= 0.6 is 11.6 Å². The van der Waals surface area contributed by atoms with Gasteiger partial charge in [0.05, 0.1) is 13.0 Å². The van der Waals surface area contributed by atoms with Crippen LogP contribution in [0.1, 0.15) is 24.8 Å². The van der Waals surface area contributed by atoms with Crippen molar-refractivity contribution in [1.29, 1.82) is 0 Å². The maximum Gasteiger partial charge on any atom is 0.226 e. The first-order valence-electron chi connectivity index (χ1n) is 5.80. The third kappa shape index (κ3) is 3.72. The molecule has 2 rings (SSSR count). The van der Waals surface area contributed by atoms with Gasteiger partial charge in [0.25, 0.3) is 0 Å². The number of para-hydroxylation sites is 1. The van der Waals surface area contributed by atoms with Gasteiger partial charge in [0.15, 0.2) is 6.29 Å². The molecule has 0 amide bonds. The van der Waals surface area contributed by atoms with E-state index in [-0.39, 0.29) is 18.0 Å². The van der Waals surface area contributed by atoms with Crippen LogP contribution in [-0.4, -0.2) is 18.1 Å². The van der Waals surface area contributed by atoms with E-state index in [0.717, 1.165) is 31.4 Å². The van der Waals surface area contributed by atoms with Crippen LogP contribution in [-0.2, 0) is 16.0 Å². The third-order valence-electron chi connectivity index (χ3n) is 2.70. The lowest BCUT2D eigenvalue weighted by Crippen LogP contribution is -2.25. The largest absolute Gasteiger partial charge is 0.465 e. The van der Waals surface area contributed by atoms with E-state index < -0.39 is 0 Å². The first kappa shape index (κ1) is 12.4. The zero-order valence-corrected chi connectivity index (χ0v) is 10.3. The van der Waals surface area contributed by atoms with Crippen LogP contribution in [0.4, 0.5) is 0 Å². The minimum atomic E-state index is -0.384. The quantitative estimate of drug-likeness (QED) is 0.775. The molecule has 1 atom stereocenters. The maximum absolute atomic E-state index is 10.9. The standard InChI is InChI=1S/C13H15ClO3/c14-12(15)9-10-5-1-2-6-11(10)17-13-7-3-4-8-16-13/h1-2,5-6,13H,3-4,7-9H2. The van der Waals surface area contributed by atoms with Crippen molar-refractivity contribution in [2.45, 2.75) is 32.0 Å². The Morgan fingerprint density at radius 3 is 2.94 bits per heavy atom. The second-order valence-corrected chi connectivity index (χ2v) is 4.48. The van der Waals surface area contributed by atoms with Crippen molar-refractivity contribution >= 4 is 16.8 Å². The van der Waals surface area contributed by atoms with Gasteiger partial charge in [-0.05, 0) is 30.5 Å². The van der Waals surface area contributed by atoms with Gasteiger partial charge in [0.2, 0.25) is 5.24 Å². The number of halogens is 1. The Bertz CT molecular complexity index is 386. The minimum absolute atomic E-state index is 0.185. The number of carbonyl (C=O) groups is 1. The molecule has 0 radical (unpaired) electrons. The smallest absolute Gasteiger partial charge is 0.226 e. The fourth-order valence-corrected chi connectivity index (χ4v) is 2.00. The Morgan fingerprint density at radius 2 is 2.24 bits per heavy atom. The summed E-state index contributed by atoms with van der Waals surface area (Å²) in [6.07, 6.45) is 3.08. The van der Waals surface area contributed by atoms with Crippen molar-refractivity contribution in [3.8, 4) is 5.75 Å².